The Morgan fingerprint density at radius 2 is 2.06 bits per heavy atom. The van der Waals surface area contributed by atoms with Crippen molar-refractivity contribution < 1.29 is 18.7 Å². The lowest BCUT2D eigenvalue weighted by Gasteiger charge is -2.08. The fraction of sp³-hybridized carbons (Fsp3) is 0.333. The molecule has 1 aromatic carbocycles. The van der Waals surface area contributed by atoms with Crippen molar-refractivity contribution in [1.29, 1.82) is 0 Å². The smallest absolute Gasteiger partial charge is 0.338 e. The second-order valence-electron chi connectivity index (χ2n) is 3.37. The van der Waals surface area contributed by atoms with Crippen LogP contribution in [0.1, 0.15) is 29.8 Å². The molecular weight excluding hydrogens is 211 g/mol. The highest BCUT2D eigenvalue weighted by atomic mass is 19.1. The summed E-state index contributed by atoms with van der Waals surface area (Å²) in [6.07, 6.45) is -0.0964. The number of carbonyl (C=O) groups excluding carboxylic acids is 2. The van der Waals surface area contributed by atoms with Crippen molar-refractivity contribution in [3.05, 3.63) is 35.1 Å². The molecule has 0 heterocycles. The van der Waals surface area contributed by atoms with Gasteiger partial charge in [0.25, 0.3) is 0 Å². The quantitative estimate of drug-likeness (QED) is 0.736. The summed E-state index contributed by atoms with van der Waals surface area (Å²) < 4.78 is 18.2. The molecule has 0 aliphatic heterocycles. The highest BCUT2D eigenvalue weighted by molar-refractivity contribution is 5.93. The van der Waals surface area contributed by atoms with Gasteiger partial charge in [0.1, 0.15) is 11.6 Å². The van der Waals surface area contributed by atoms with Crippen LogP contribution < -0.4 is 0 Å². The zero-order chi connectivity index (χ0) is 12.1. The number of hydrogen-bond donors (Lipinski definition) is 0. The fourth-order valence-electron chi connectivity index (χ4n) is 1.39. The van der Waals surface area contributed by atoms with Gasteiger partial charge in [-0.1, -0.05) is 6.07 Å². The van der Waals surface area contributed by atoms with E-state index in [1.807, 2.05) is 0 Å². The van der Waals surface area contributed by atoms with E-state index in [2.05, 4.69) is 0 Å². The van der Waals surface area contributed by atoms with E-state index in [0.717, 1.165) is 0 Å². The van der Waals surface area contributed by atoms with Crippen LogP contribution in [-0.4, -0.2) is 18.4 Å². The molecule has 0 N–H and O–H groups in total. The van der Waals surface area contributed by atoms with Crippen molar-refractivity contribution in [2.75, 3.05) is 6.61 Å². The highest BCUT2D eigenvalue weighted by Crippen LogP contribution is 2.16. The summed E-state index contributed by atoms with van der Waals surface area (Å²) >= 11 is 0. The standard InChI is InChI=1S/C12H13FO3/c1-3-16-12(15)9-5-4-6-11(13)10(9)7-8(2)14/h4-6H,3,7H2,1-2H3. The molecule has 0 spiro atoms. The van der Waals surface area contributed by atoms with E-state index < -0.39 is 11.8 Å². The van der Waals surface area contributed by atoms with E-state index in [1.54, 1.807) is 6.92 Å². The van der Waals surface area contributed by atoms with E-state index in [4.69, 9.17) is 4.74 Å². The summed E-state index contributed by atoms with van der Waals surface area (Å²) in [5.41, 5.74) is 0.227. The molecule has 16 heavy (non-hydrogen) atoms. The summed E-state index contributed by atoms with van der Waals surface area (Å²) in [4.78, 5) is 22.5. The third kappa shape index (κ3) is 2.89. The van der Waals surface area contributed by atoms with Crippen LogP contribution in [0.15, 0.2) is 18.2 Å². The minimum absolute atomic E-state index is 0.0964. The predicted molar refractivity (Wildman–Crippen MR) is 56.7 cm³/mol. The van der Waals surface area contributed by atoms with Gasteiger partial charge in [0, 0.05) is 12.0 Å². The molecule has 4 heteroatoms. The molecule has 0 radical (unpaired) electrons. The first-order valence-corrected chi connectivity index (χ1v) is 5.00. The zero-order valence-electron chi connectivity index (χ0n) is 9.25. The SMILES string of the molecule is CCOC(=O)c1cccc(F)c1CC(C)=O. The maximum atomic E-state index is 13.5. The monoisotopic (exact) mass is 224 g/mol. The molecule has 0 saturated carbocycles. The summed E-state index contributed by atoms with van der Waals surface area (Å²) in [5.74, 6) is -1.35. The molecule has 1 aromatic rings. The Balaban J connectivity index is 3.11. The van der Waals surface area contributed by atoms with Gasteiger partial charge in [-0.15, -0.1) is 0 Å². The summed E-state index contributed by atoms with van der Waals surface area (Å²) in [7, 11) is 0. The first kappa shape index (κ1) is 12.4. The van der Waals surface area contributed by atoms with E-state index in [9.17, 15) is 14.0 Å². The Labute approximate surface area is 93.2 Å². The van der Waals surface area contributed by atoms with Gasteiger partial charge in [-0.25, -0.2) is 9.18 Å². The van der Waals surface area contributed by atoms with Gasteiger partial charge in [-0.05, 0) is 26.0 Å². The molecule has 0 aliphatic carbocycles. The van der Waals surface area contributed by atoms with Crippen LogP contribution >= 0.6 is 0 Å². The van der Waals surface area contributed by atoms with Crippen molar-refractivity contribution in [3.8, 4) is 0 Å². The number of halogens is 1. The van der Waals surface area contributed by atoms with Crippen LogP contribution in [0, 0.1) is 5.82 Å². The number of Topliss-reactive ketones (excluding diaryl/α,β-unsaturated/α-hetero) is 1. The van der Waals surface area contributed by atoms with Gasteiger partial charge < -0.3 is 4.74 Å². The Morgan fingerprint density at radius 1 is 1.38 bits per heavy atom. The van der Waals surface area contributed by atoms with Crippen molar-refractivity contribution in [2.24, 2.45) is 0 Å². The van der Waals surface area contributed by atoms with E-state index in [-0.39, 0.29) is 29.9 Å². The van der Waals surface area contributed by atoms with Crippen molar-refractivity contribution in [1.82, 2.24) is 0 Å². The van der Waals surface area contributed by atoms with Gasteiger partial charge >= 0.3 is 5.97 Å². The third-order valence-corrected chi connectivity index (χ3v) is 2.04. The van der Waals surface area contributed by atoms with Crippen molar-refractivity contribution in [3.63, 3.8) is 0 Å². The van der Waals surface area contributed by atoms with E-state index in [0.29, 0.717) is 0 Å². The number of esters is 1. The van der Waals surface area contributed by atoms with Gasteiger partial charge in [0.05, 0.1) is 12.2 Å². The Kier molecular flexibility index (Phi) is 4.17. The summed E-state index contributed by atoms with van der Waals surface area (Å²) in [5, 5.41) is 0. The predicted octanol–water partition coefficient (Wildman–Crippen LogP) is 2.13. The first-order valence-electron chi connectivity index (χ1n) is 5.00. The minimum atomic E-state index is -0.599. The number of ether oxygens (including phenoxy) is 1. The normalized spacial score (nSPS) is 9.94. The van der Waals surface area contributed by atoms with Crippen LogP contribution in [0.4, 0.5) is 4.39 Å². The van der Waals surface area contributed by atoms with Gasteiger partial charge in [-0.3, -0.25) is 4.79 Å². The maximum absolute atomic E-state index is 13.5. The Hall–Kier alpha value is -1.71. The lowest BCUT2D eigenvalue weighted by molar-refractivity contribution is -0.116. The number of benzene rings is 1. The molecule has 1 rings (SSSR count). The van der Waals surface area contributed by atoms with Crippen LogP contribution in [0.5, 0.6) is 0 Å². The molecule has 86 valence electrons. The number of carbonyl (C=O) groups is 2. The Bertz CT molecular complexity index is 413. The number of rotatable bonds is 4. The van der Waals surface area contributed by atoms with Crippen LogP contribution in [0.2, 0.25) is 0 Å². The fourth-order valence-corrected chi connectivity index (χ4v) is 1.39. The summed E-state index contributed by atoms with van der Waals surface area (Å²) in [6.45, 7) is 3.23. The molecule has 0 unspecified atom stereocenters. The largest absolute Gasteiger partial charge is 0.462 e. The van der Waals surface area contributed by atoms with Crippen LogP contribution in [-0.2, 0) is 16.0 Å². The molecule has 3 nitrogen and oxygen atoms in total. The lowest BCUT2D eigenvalue weighted by atomic mass is 10.0. The Morgan fingerprint density at radius 3 is 2.62 bits per heavy atom. The summed E-state index contributed by atoms with van der Waals surface area (Å²) in [6, 6.07) is 4.10. The molecule has 0 bridgehead atoms. The number of hydrogen-bond acceptors (Lipinski definition) is 3. The van der Waals surface area contributed by atoms with Crippen LogP contribution in [0.25, 0.3) is 0 Å². The van der Waals surface area contributed by atoms with Crippen molar-refractivity contribution >= 4 is 11.8 Å². The molecule has 0 atom stereocenters. The first-order chi connectivity index (χ1) is 7.56. The van der Waals surface area contributed by atoms with Gasteiger partial charge in [0.2, 0.25) is 0 Å². The molecule has 0 aliphatic rings. The molecule has 0 saturated heterocycles. The van der Waals surface area contributed by atoms with Crippen molar-refractivity contribution in [2.45, 2.75) is 20.3 Å². The molecule has 0 fully saturated rings. The average molecular weight is 224 g/mol. The maximum Gasteiger partial charge on any atom is 0.338 e. The molecular formula is C12H13FO3. The zero-order valence-corrected chi connectivity index (χ0v) is 9.25. The average Bonchev–Trinajstić information content (AvgIpc) is 2.20. The second-order valence-corrected chi connectivity index (χ2v) is 3.37. The molecule has 0 amide bonds. The second kappa shape index (κ2) is 5.39. The minimum Gasteiger partial charge on any atom is -0.462 e. The lowest BCUT2D eigenvalue weighted by Crippen LogP contribution is -2.12. The van der Waals surface area contributed by atoms with Gasteiger partial charge in [-0.2, -0.15) is 0 Å². The van der Waals surface area contributed by atoms with E-state index >= 15 is 0 Å². The van der Waals surface area contributed by atoms with Gasteiger partial charge in [0.15, 0.2) is 0 Å². The van der Waals surface area contributed by atoms with E-state index in [1.165, 1.54) is 25.1 Å². The topological polar surface area (TPSA) is 43.4 Å². The third-order valence-electron chi connectivity index (χ3n) is 2.04. The van der Waals surface area contributed by atoms with Crippen LogP contribution in [0.3, 0.4) is 0 Å². The molecule has 0 aromatic heterocycles. The number of ketones is 1. The highest BCUT2D eigenvalue weighted by Gasteiger charge is 2.16.